The number of hydrogen-bond donors (Lipinski definition) is 0. The molecule has 0 N–H and O–H groups in total. The monoisotopic (exact) mass is 1780 g/mol. The van der Waals surface area contributed by atoms with Gasteiger partial charge in [-0.3, -0.25) is 0 Å². The average Bonchev–Trinajstić information content (AvgIpc) is 1.23. The van der Waals surface area contributed by atoms with E-state index in [-0.39, 0.29) is 0 Å². The second-order valence-electron chi connectivity index (χ2n) is 33.4. The Morgan fingerprint density at radius 1 is 0.119 bits per heavy atom. The summed E-state index contributed by atoms with van der Waals surface area (Å²) in [5.41, 5.74) is 17.5. The largest absolute Gasteiger partial charge is 0.208 e. The minimum absolute atomic E-state index is 0.655. The van der Waals surface area contributed by atoms with Gasteiger partial charge in [-0.2, -0.15) is 0 Å². The third-order valence-electron chi connectivity index (χ3n) is 25.0. The molecule has 0 fully saturated rings. The molecule has 632 valence electrons. The molecule has 0 radical (unpaired) electrons. The number of benzene rings is 20. The molecule has 0 bridgehead atoms. The maximum atomic E-state index is 5.06. The zero-order chi connectivity index (χ0) is 89.5. The van der Waals surface area contributed by atoms with E-state index in [9.17, 15) is 0 Å². The Bertz CT molecular complexity index is 8880. The van der Waals surface area contributed by atoms with Gasteiger partial charge < -0.3 is 0 Å². The highest BCUT2D eigenvalue weighted by Gasteiger charge is 2.22. The van der Waals surface area contributed by atoms with Crippen molar-refractivity contribution in [3.05, 3.63) is 467 Å². The van der Waals surface area contributed by atoms with E-state index >= 15 is 0 Å². The molecule has 20 aromatic carbocycles. The van der Waals surface area contributed by atoms with Crippen LogP contribution in [0, 0.1) is 0 Å². The fourth-order valence-electron chi connectivity index (χ4n) is 18.3. The first kappa shape index (κ1) is 81.1. The lowest BCUT2D eigenvalue weighted by Crippen LogP contribution is -1.99. The number of fused-ring (bicyclic) bond motifs is 12. The Kier molecular flexibility index (Phi) is 21.4. The number of thiophene rings is 3. The minimum Gasteiger partial charge on any atom is -0.208 e. The summed E-state index contributed by atoms with van der Waals surface area (Å²) in [6, 6.07) is 164. The summed E-state index contributed by atoms with van der Waals surface area (Å²) >= 11 is 5.12. The summed E-state index contributed by atoms with van der Waals surface area (Å²) < 4.78 is 3.65. The second-order valence-corrected chi connectivity index (χ2v) is 36.7. The lowest BCUT2D eigenvalue weighted by Gasteiger charge is -2.12. The summed E-state index contributed by atoms with van der Waals surface area (Å²) in [4.78, 5) is 48.1. The van der Waals surface area contributed by atoms with E-state index < -0.39 is 0 Å². The van der Waals surface area contributed by atoms with E-state index in [1.165, 1.54) is 117 Å². The average molecular weight is 1780 g/mol. The molecule has 6 aromatic heterocycles. The van der Waals surface area contributed by atoms with Crippen molar-refractivity contribution in [2.24, 2.45) is 0 Å². The fourth-order valence-corrected chi connectivity index (χ4v) is 21.3. The molecule has 0 saturated carbocycles. The number of hydrogen-bond acceptors (Lipinski definition) is 12. The Morgan fingerprint density at radius 2 is 0.326 bits per heavy atom. The van der Waals surface area contributed by atoms with Crippen LogP contribution < -0.4 is 0 Å². The number of rotatable bonds is 14. The van der Waals surface area contributed by atoms with Gasteiger partial charge in [0.1, 0.15) is 0 Å². The van der Waals surface area contributed by atoms with Crippen LogP contribution in [0.3, 0.4) is 0 Å². The van der Waals surface area contributed by atoms with Crippen LogP contribution in [-0.4, -0.2) is 44.9 Å². The Labute approximate surface area is 790 Å². The molecular weight excluding hydrogens is 1700 g/mol. The Morgan fingerprint density at radius 3 is 0.644 bits per heavy atom. The molecule has 9 nitrogen and oxygen atoms in total. The van der Waals surface area contributed by atoms with Gasteiger partial charge in [-0.05, 0) is 197 Å². The molecule has 0 unspecified atom stereocenters. The SMILES string of the molecule is c1ccc(-c2ccc(-c3nc(-c4ccc(-c5cc6ccccc6c6ccccc56)cc4)nc(-c4cc5ccccc5s4)n3)cc2)cc1.c1ccc(-c2cccc(-c3nc(-c4ccc(-c5cc6ccccc6c6ccccc56)cc4)nc(-c4cc5ccccc5s4)n3)c2)cc1.c1ccc(-c2nc(-c3ccc(-c4cc5ccccc5c5ccccc45)cc3)nc(-c3cc4ccccc4s3)n2)cc1. The van der Waals surface area contributed by atoms with E-state index in [2.05, 4.69) is 425 Å². The highest BCUT2D eigenvalue weighted by molar-refractivity contribution is 7.23. The van der Waals surface area contributed by atoms with Crippen molar-refractivity contribution in [2.45, 2.75) is 0 Å². The van der Waals surface area contributed by atoms with Crippen molar-refractivity contribution in [3.8, 4) is 156 Å². The first-order valence-corrected chi connectivity index (χ1v) is 47.4. The van der Waals surface area contributed by atoms with Gasteiger partial charge in [-0.25, -0.2) is 44.9 Å². The highest BCUT2D eigenvalue weighted by atomic mass is 32.1. The van der Waals surface area contributed by atoms with Gasteiger partial charge in [0.25, 0.3) is 0 Å². The van der Waals surface area contributed by atoms with Crippen LogP contribution in [0.15, 0.2) is 467 Å². The molecular formula is C123H77N9S3. The summed E-state index contributed by atoms with van der Waals surface area (Å²) in [5.74, 6) is 6.03. The minimum atomic E-state index is 0.655. The van der Waals surface area contributed by atoms with Crippen LogP contribution in [0.25, 0.3) is 251 Å². The molecule has 12 heteroatoms. The molecule has 26 rings (SSSR count). The first-order valence-electron chi connectivity index (χ1n) is 45.0. The second kappa shape index (κ2) is 35.6. The summed E-state index contributed by atoms with van der Waals surface area (Å²) in [5, 5.41) is 18.6. The molecule has 26 aromatic rings. The molecule has 0 aliphatic rings. The predicted molar refractivity (Wildman–Crippen MR) is 567 cm³/mol. The molecule has 0 aliphatic heterocycles. The van der Waals surface area contributed by atoms with Crippen molar-refractivity contribution < 1.29 is 0 Å². The van der Waals surface area contributed by atoms with E-state index in [1.807, 2.05) is 42.5 Å². The van der Waals surface area contributed by atoms with Gasteiger partial charge in [0.2, 0.25) is 0 Å². The first-order chi connectivity index (χ1) is 66.8. The van der Waals surface area contributed by atoms with Crippen LogP contribution in [0.2, 0.25) is 0 Å². The zero-order valence-corrected chi connectivity index (χ0v) is 75.2. The van der Waals surface area contributed by atoms with Crippen LogP contribution in [0.4, 0.5) is 0 Å². The van der Waals surface area contributed by atoms with Gasteiger partial charge in [-0.15, -0.1) is 34.0 Å². The van der Waals surface area contributed by atoms with Crippen LogP contribution in [0.5, 0.6) is 0 Å². The number of aromatic nitrogens is 9. The molecule has 135 heavy (non-hydrogen) atoms. The smallest absolute Gasteiger partial charge is 0.174 e. The third kappa shape index (κ3) is 16.3. The van der Waals surface area contributed by atoms with Gasteiger partial charge in [-0.1, -0.05) is 406 Å². The van der Waals surface area contributed by atoms with Crippen LogP contribution >= 0.6 is 34.0 Å². The van der Waals surface area contributed by atoms with Crippen LogP contribution in [-0.2, 0) is 0 Å². The summed E-state index contributed by atoms with van der Waals surface area (Å²) in [7, 11) is 0. The topological polar surface area (TPSA) is 116 Å². The number of nitrogens with zero attached hydrogens (tertiary/aromatic N) is 9. The van der Waals surface area contributed by atoms with E-state index in [0.717, 1.165) is 81.4 Å². The quantitative estimate of drug-likeness (QED) is 0.0981. The molecule has 0 aliphatic carbocycles. The van der Waals surface area contributed by atoms with Gasteiger partial charge >= 0.3 is 0 Å². The van der Waals surface area contributed by atoms with Crippen molar-refractivity contribution in [3.63, 3.8) is 0 Å². The van der Waals surface area contributed by atoms with E-state index in [0.29, 0.717) is 52.4 Å². The molecule has 0 amide bonds. The van der Waals surface area contributed by atoms with Crippen molar-refractivity contribution in [1.29, 1.82) is 0 Å². The predicted octanol–water partition coefficient (Wildman–Crippen LogP) is 33.5. The normalized spacial score (nSPS) is 11.4. The van der Waals surface area contributed by atoms with Gasteiger partial charge in [0.05, 0.1) is 14.6 Å². The van der Waals surface area contributed by atoms with E-state index in [1.54, 1.807) is 34.0 Å². The van der Waals surface area contributed by atoms with Gasteiger partial charge in [0, 0.05) is 47.5 Å². The standard InChI is InChI=1S/2C43H27N3S.C37H23N3S/c1-2-11-28(12-3-1)31-15-10-16-34(25-31)42-44-41(45-43(46-42)40-27-33-14-5-9-20-39(33)47-40)30-23-21-29(22-24-30)38-26-32-13-4-6-17-35(32)36-18-7-8-19-37(36)38;1-2-10-28(11-3-1)29-18-22-31(23-19-29)41-44-42(46-43(45-41)40-27-34-13-5-9-17-39(34)47-40)32-24-20-30(21-25-32)38-26-33-12-4-6-14-35(33)36-15-7-8-16-37(36)38;1-2-10-25(11-3-1)35-38-36(40-37(39-35)34-23-28-13-5-9-17-33(28)41-34)26-20-18-24(19-21-26)32-22-27-12-4-6-14-29(27)30-15-7-8-16-31(30)32/h2*1-27H;1-23H. The van der Waals surface area contributed by atoms with E-state index in [4.69, 9.17) is 44.9 Å². The maximum absolute atomic E-state index is 5.06. The third-order valence-corrected chi connectivity index (χ3v) is 28.4. The highest BCUT2D eigenvalue weighted by Crippen LogP contribution is 2.44. The van der Waals surface area contributed by atoms with Crippen molar-refractivity contribution in [2.75, 3.05) is 0 Å². The lowest BCUT2D eigenvalue weighted by molar-refractivity contribution is 1.08. The molecule has 0 spiro atoms. The summed E-state index contributed by atoms with van der Waals surface area (Å²) in [6.45, 7) is 0. The Hall–Kier alpha value is -17.1. The van der Waals surface area contributed by atoms with Crippen molar-refractivity contribution >= 4 is 129 Å². The zero-order valence-electron chi connectivity index (χ0n) is 72.7. The Balaban J connectivity index is 0.000000111. The summed E-state index contributed by atoms with van der Waals surface area (Å²) in [6.07, 6.45) is 0. The van der Waals surface area contributed by atoms with Gasteiger partial charge in [0.15, 0.2) is 52.4 Å². The molecule has 0 atom stereocenters. The molecule has 6 heterocycles. The van der Waals surface area contributed by atoms with Crippen LogP contribution in [0.1, 0.15) is 0 Å². The van der Waals surface area contributed by atoms with Crippen molar-refractivity contribution in [1.82, 2.24) is 44.9 Å². The lowest BCUT2D eigenvalue weighted by atomic mass is 9.93. The fraction of sp³-hybridized carbons (Fsp3) is 0. The maximum Gasteiger partial charge on any atom is 0.174 e. The molecule has 0 saturated heterocycles.